The molecule has 1 saturated heterocycles. The lowest BCUT2D eigenvalue weighted by molar-refractivity contribution is 0.0481. The van der Waals surface area contributed by atoms with E-state index in [0.717, 1.165) is 38.8 Å². The predicted molar refractivity (Wildman–Crippen MR) is 80.3 cm³/mol. The summed E-state index contributed by atoms with van der Waals surface area (Å²) in [4.78, 5) is 2.36. The van der Waals surface area contributed by atoms with Gasteiger partial charge >= 0.3 is 0 Å². The van der Waals surface area contributed by atoms with E-state index in [1.165, 1.54) is 11.3 Å². The third kappa shape index (κ3) is 3.71. The lowest BCUT2D eigenvalue weighted by Gasteiger charge is -2.24. The highest BCUT2D eigenvalue weighted by molar-refractivity contribution is 5.48. The molecule has 0 bridgehead atoms. The Balaban J connectivity index is 2.05. The van der Waals surface area contributed by atoms with E-state index < -0.39 is 5.60 Å². The second kappa shape index (κ2) is 5.93. The average molecular weight is 262 g/mol. The summed E-state index contributed by atoms with van der Waals surface area (Å²) < 4.78 is 0. The molecule has 2 unspecified atom stereocenters. The summed E-state index contributed by atoms with van der Waals surface area (Å²) in [6, 6.07) is 8.72. The molecule has 0 radical (unpaired) electrons. The summed E-state index contributed by atoms with van der Waals surface area (Å²) in [6.45, 7) is 6.00. The number of hydrogen-bond acceptors (Lipinski definition) is 3. The van der Waals surface area contributed by atoms with Crippen LogP contribution in [0.3, 0.4) is 0 Å². The third-order valence-electron chi connectivity index (χ3n) is 4.19. The van der Waals surface area contributed by atoms with Crippen molar-refractivity contribution >= 4 is 5.69 Å². The first-order valence-corrected chi connectivity index (χ1v) is 7.35. The van der Waals surface area contributed by atoms with Gasteiger partial charge in [0, 0.05) is 24.8 Å². The zero-order chi connectivity index (χ0) is 13.9. The van der Waals surface area contributed by atoms with Crippen molar-refractivity contribution in [3.05, 3.63) is 29.8 Å². The highest BCUT2D eigenvalue weighted by Gasteiger charge is 2.24. The van der Waals surface area contributed by atoms with E-state index in [1.54, 1.807) is 0 Å². The Morgan fingerprint density at radius 2 is 1.95 bits per heavy atom. The summed E-state index contributed by atoms with van der Waals surface area (Å²) in [6.07, 6.45) is 3.74. The quantitative estimate of drug-likeness (QED) is 0.880. The Hall–Kier alpha value is -1.06. The zero-order valence-electron chi connectivity index (χ0n) is 12.1. The van der Waals surface area contributed by atoms with Gasteiger partial charge < -0.3 is 15.7 Å². The van der Waals surface area contributed by atoms with Gasteiger partial charge in [-0.1, -0.05) is 19.1 Å². The molecule has 1 aromatic rings. The average Bonchev–Trinajstić information content (AvgIpc) is 2.59. The Morgan fingerprint density at radius 3 is 2.58 bits per heavy atom. The number of aliphatic hydroxyl groups is 1. The molecular formula is C16H26N2O. The van der Waals surface area contributed by atoms with Crippen LogP contribution in [0.15, 0.2) is 24.3 Å². The zero-order valence-corrected chi connectivity index (χ0v) is 12.1. The van der Waals surface area contributed by atoms with Crippen molar-refractivity contribution in [1.29, 1.82) is 0 Å². The maximum absolute atomic E-state index is 10.1. The van der Waals surface area contributed by atoms with Gasteiger partial charge in [0.05, 0.1) is 5.60 Å². The van der Waals surface area contributed by atoms with E-state index in [9.17, 15) is 5.11 Å². The summed E-state index contributed by atoms with van der Waals surface area (Å²) in [5.74, 6) is 0. The van der Waals surface area contributed by atoms with E-state index in [0.29, 0.717) is 0 Å². The topological polar surface area (TPSA) is 49.5 Å². The molecule has 3 nitrogen and oxygen atoms in total. The lowest BCUT2D eigenvalue weighted by atomic mass is 9.98. The van der Waals surface area contributed by atoms with Crippen LogP contribution in [0.1, 0.15) is 51.1 Å². The molecule has 0 spiro atoms. The first-order valence-electron chi connectivity index (χ1n) is 7.35. The van der Waals surface area contributed by atoms with Crippen molar-refractivity contribution in [3.63, 3.8) is 0 Å². The molecule has 0 amide bonds. The van der Waals surface area contributed by atoms with Crippen LogP contribution in [-0.4, -0.2) is 23.8 Å². The lowest BCUT2D eigenvalue weighted by Crippen LogP contribution is -2.28. The number of nitrogens with zero attached hydrogens (tertiary/aromatic N) is 1. The Bertz CT molecular complexity index is 400. The van der Waals surface area contributed by atoms with Gasteiger partial charge in [0.2, 0.25) is 0 Å². The van der Waals surface area contributed by atoms with E-state index in [1.807, 2.05) is 6.92 Å². The summed E-state index contributed by atoms with van der Waals surface area (Å²) >= 11 is 0. The fourth-order valence-corrected chi connectivity index (χ4v) is 2.69. The third-order valence-corrected chi connectivity index (χ3v) is 4.19. The van der Waals surface area contributed by atoms with Crippen molar-refractivity contribution in [2.75, 3.05) is 18.0 Å². The molecule has 3 heteroatoms. The molecule has 2 atom stereocenters. The molecule has 1 aliphatic heterocycles. The minimum atomic E-state index is -0.501. The molecule has 0 aromatic heterocycles. The first kappa shape index (κ1) is 14.4. The molecule has 1 heterocycles. The molecule has 106 valence electrons. The van der Waals surface area contributed by atoms with Crippen LogP contribution in [-0.2, 0) is 0 Å². The highest BCUT2D eigenvalue weighted by Crippen LogP contribution is 2.26. The van der Waals surface area contributed by atoms with Crippen LogP contribution in [0.25, 0.3) is 0 Å². The van der Waals surface area contributed by atoms with Crippen molar-refractivity contribution in [2.24, 2.45) is 5.73 Å². The second-order valence-corrected chi connectivity index (χ2v) is 5.94. The highest BCUT2D eigenvalue weighted by atomic mass is 16.3. The number of benzene rings is 1. The Morgan fingerprint density at radius 1 is 1.26 bits per heavy atom. The van der Waals surface area contributed by atoms with Crippen LogP contribution in [0, 0.1) is 0 Å². The number of hydrogen-bond donors (Lipinski definition) is 2. The SMILES string of the molecule is CCC(N)c1ccc(N2CCCC(C)(O)CC2)cc1. The first-order chi connectivity index (χ1) is 9.02. The van der Waals surface area contributed by atoms with Crippen LogP contribution < -0.4 is 10.6 Å². The van der Waals surface area contributed by atoms with Crippen LogP contribution in [0.2, 0.25) is 0 Å². The fraction of sp³-hybridized carbons (Fsp3) is 0.625. The maximum Gasteiger partial charge on any atom is 0.0637 e. The predicted octanol–water partition coefficient (Wildman–Crippen LogP) is 2.84. The molecule has 1 aromatic carbocycles. The van der Waals surface area contributed by atoms with Crippen molar-refractivity contribution < 1.29 is 5.11 Å². The maximum atomic E-state index is 10.1. The van der Waals surface area contributed by atoms with Crippen molar-refractivity contribution in [1.82, 2.24) is 0 Å². The fourth-order valence-electron chi connectivity index (χ4n) is 2.69. The van der Waals surface area contributed by atoms with Crippen LogP contribution in [0.4, 0.5) is 5.69 Å². The summed E-state index contributed by atoms with van der Waals surface area (Å²) in [5.41, 5.74) is 7.98. The minimum absolute atomic E-state index is 0.138. The normalized spacial score (nSPS) is 26.0. The smallest absolute Gasteiger partial charge is 0.0637 e. The van der Waals surface area contributed by atoms with Gasteiger partial charge in [-0.2, -0.15) is 0 Å². The number of nitrogens with two attached hydrogens (primary N) is 1. The minimum Gasteiger partial charge on any atom is -0.390 e. The monoisotopic (exact) mass is 262 g/mol. The summed E-state index contributed by atoms with van der Waals surface area (Å²) in [7, 11) is 0. The molecule has 0 aliphatic carbocycles. The standard InChI is InChI=1S/C16H26N2O/c1-3-15(17)13-5-7-14(8-6-13)18-11-4-9-16(2,19)10-12-18/h5-8,15,19H,3-4,9-12,17H2,1-2H3. The van der Waals surface area contributed by atoms with Crippen LogP contribution in [0.5, 0.6) is 0 Å². The van der Waals surface area contributed by atoms with Crippen LogP contribution >= 0.6 is 0 Å². The van der Waals surface area contributed by atoms with Gasteiger partial charge in [0.15, 0.2) is 0 Å². The van der Waals surface area contributed by atoms with E-state index >= 15 is 0 Å². The molecule has 19 heavy (non-hydrogen) atoms. The molecule has 1 aliphatic rings. The summed E-state index contributed by atoms with van der Waals surface area (Å²) in [5, 5.41) is 10.1. The van der Waals surface area contributed by atoms with Gasteiger partial charge in [-0.15, -0.1) is 0 Å². The molecular weight excluding hydrogens is 236 g/mol. The molecule has 3 N–H and O–H groups in total. The van der Waals surface area contributed by atoms with E-state index in [2.05, 4.69) is 36.1 Å². The molecule has 2 rings (SSSR count). The second-order valence-electron chi connectivity index (χ2n) is 5.94. The van der Waals surface area contributed by atoms with Gasteiger partial charge in [0.1, 0.15) is 0 Å². The van der Waals surface area contributed by atoms with Gasteiger partial charge in [0.25, 0.3) is 0 Å². The van der Waals surface area contributed by atoms with Gasteiger partial charge in [-0.05, 0) is 50.3 Å². The van der Waals surface area contributed by atoms with Crippen molar-refractivity contribution in [2.45, 2.75) is 51.2 Å². The van der Waals surface area contributed by atoms with Gasteiger partial charge in [-0.25, -0.2) is 0 Å². The van der Waals surface area contributed by atoms with E-state index in [4.69, 9.17) is 5.73 Å². The van der Waals surface area contributed by atoms with Crippen molar-refractivity contribution in [3.8, 4) is 0 Å². The van der Waals surface area contributed by atoms with Gasteiger partial charge in [-0.3, -0.25) is 0 Å². The number of anilines is 1. The van der Waals surface area contributed by atoms with E-state index in [-0.39, 0.29) is 6.04 Å². The molecule has 1 fully saturated rings. The number of rotatable bonds is 3. The largest absolute Gasteiger partial charge is 0.390 e. The Kier molecular flexibility index (Phi) is 4.48. The molecule has 0 saturated carbocycles. The Labute approximate surface area is 116 Å².